The second-order valence-electron chi connectivity index (χ2n) is 2.23. The number of hydroxylamine groups is 1. The molecule has 0 radical (unpaired) electrons. The second-order valence-corrected chi connectivity index (χ2v) is 2.67. The molecule has 0 unspecified atom stereocenters. The monoisotopic (exact) mass is 183 g/mol. The summed E-state index contributed by atoms with van der Waals surface area (Å²) in [7, 11) is 0. The van der Waals surface area contributed by atoms with Gasteiger partial charge < -0.3 is 4.84 Å². The van der Waals surface area contributed by atoms with Crippen molar-refractivity contribution in [3.05, 3.63) is 47.7 Å². The molecule has 2 nitrogen and oxygen atoms in total. The molecular formula is C9H10ClNO. The molecule has 0 saturated heterocycles. The largest absolute Gasteiger partial charge is 0.417 e. The third-order valence-corrected chi connectivity index (χ3v) is 1.61. The molecule has 0 spiro atoms. The summed E-state index contributed by atoms with van der Waals surface area (Å²) in [6.07, 6.45) is 1.34. The molecule has 0 aliphatic carbocycles. The lowest BCUT2D eigenvalue weighted by Gasteiger charge is -2.02. The molecule has 0 amide bonds. The zero-order chi connectivity index (χ0) is 8.81. The number of halogens is 1. The van der Waals surface area contributed by atoms with Gasteiger partial charge in [-0.15, -0.1) is 0 Å². The van der Waals surface area contributed by atoms with E-state index in [1.165, 1.54) is 6.26 Å². The smallest absolute Gasteiger partial charge is 0.104 e. The number of hydrogen-bond acceptors (Lipinski definition) is 2. The van der Waals surface area contributed by atoms with E-state index < -0.39 is 0 Å². The van der Waals surface area contributed by atoms with Crippen molar-refractivity contribution >= 4 is 11.6 Å². The average Bonchev–Trinajstić information content (AvgIpc) is 2.09. The first-order valence-electron chi connectivity index (χ1n) is 3.57. The van der Waals surface area contributed by atoms with Crippen LogP contribution in [0, 0.1) is 0 Å². The second kappa shape index (κ2) is 4.80. The topological polar surface area (TPSA) is 21.3 Å². The van der Waals surface area contributed by atoms with Crippen LogP contribution in [-0.2, 0) is 11.4 Å². The van der Waals surface area contributed by atoms with Crippen LogP contribution in [0.25, 0.3) is 0 Å². The quantitative estimate of drug-likeness (QED) is 0.440. The molecule has 1 N–H and O–H groups in total. The van der Waals surface area contributed by atoms with Gasteiger partial charge in [0.25, 0.3) is 0 Å². The van der Waals surface area contributed by atoms with Gasteiger partial charge in [0.15, 0.2) is 0 Å². The third-order valence-electron chi connectivity index (χ3n) is 1.36. The molecule has 64 valence electrons. The van der Waals surface area contributed by atoms with E-state index >= 15 is 0 Å². The van der Waals surface area contributed by atoms with E-state index in [1.54, 1.807) is 0 Å². The van der Waals surface area contributed by atoms with Crippen molar-refractivity contribution in [1.29, 1.82) is 0 Å². The highest BCUT2D eigenvalue weighted by Crippen LogP contribution is 2.08. The molecule has 3 heteroatoms. The Labute approximate surface area is 76.8 Å². The van der Waals surface area contributed by atoms with Crippen LogP contribution in [0.3, 0.4) is 0 Å². The van der Waals surface area contributed by atoms with Gasteiger partial charge in [0, 0.05) is 5.02 Å². The summed E-state index contributed by atoms with van der Waals surface area (Å²) in [5, 5.41) is 0.739. The fourth-order valence-electron chi connectivity index (χ4n) is 0.786. The van der Waals surface area contributed by atoms with Crippen LogP contribution in [0.1, 0.15) is 5.56 Å². The highest BCUT2D eigenvalue weighted by Gasteiger charge is 1.90. The Morgan fingerprint density at radius 3 is 2.67 bits per heavy atom. The van der Waals surface area contributed by atoms with E-state index in [1.807, 2.05) is 24.3 Å². The number of benzene rings is 1. The summed E-state index contributed by atoms with van der Waals surface area (Å²) in [6.45, 7) is 4.04. The van der Waals surface area contributed by atoms with Crippen molar-refractivity contribution in [3.8, 4) is 0 Å². The predicted molar refractivity (Wildman–Crippen MR) is 49.6 cm³/mol. The third kappa shape index (κ3) is 2.95. The molecule has 1 aromatic rings. The highest BCUT2D eigenvalue weighted by molar-refractivity contribution is 6.30. The Balaban J connectivity index is 2.42. The standard InChI is InChI=1S/C9H10ClNO/c1-2-12-11-7-8-3-5-9(10)6-4-8/h2-6,11H,1,7H2. The normalized spacial score (nSPS) is 9.42. The van der Waals surface area contributed by atoms with Crippen LogP contribution in [0.2, 0.25) is 5.02 Å². The van der Waals surface area contributed by atoms with Crippen LogP contribution < -0.4 is 5.48 Å². The molecule has 0 aliphatic rings. The van der Waals surface area contributed by atoms with Crippen LogP contribution >= 0.6 is 11.6 Å². The molecule has 0 atom stereocenters. The summed E-state index contributed by atoms with van der Waals surface area (Å²) >= 11 is 5.71. The van der Waals surface area contributed by atoms with Crippen molar-refractivity contribution in [1.82, 2.24) is 5.48 Å². The van der Waals surface area contributed by atoms with Gasteiger partial charge in [-0.1, -0.05) is 30.3 Å². The van der Waals surface area contributed by atoms with Crippen molar-refractivity contribution in [2.24, 2.45) is 0 Å². The van der Waals surface area contributed by atoms with E-state index in [-0.39, 0.29) is 0 Å². The van der Waals surface area contributed by atoms with E-state index in [2.05, 4.69) is 12.1 Å². The lowest BCUT2D eigenvalue weighted by molar-refractivity contribution is 0.130. The molecule has 1 aromatic carbocycles. The Morgan fingerprint density at radius 1 is 1.42 bits per heavy atom. The number of nitrogens with one attached hydrogen (secondary N) is 1. The zero-order valence-corrected chi connectivity index (χ0v) is 7.34. The van der Waals surface area contributed by atoms with Gasteiger partial charge >= 0.3 is 0 Å². The minimum absolute atomic E-state index is 0.642. The van der Waals surface area contributed by atoms with Gasteiger partial charge in [-0.2, -0.15) is 5.48 Å². The van der Waals surface area contributed by atoms with E-state index in [4.69, 9.17) is 16.4 Å². The lowest BCUT2D eigenvalue weighted by Crippen LogP contribution is -2.09. The Kier molecular flexibility index (Phi) is 3.64. The molecular weight excluding hydrogens is 174 g/mol. The van der Waals surface area contributed by atoms with E-state index in [0.29, 0.717) is 6.54 Å². The molecule has 0 bridgehead atoms. The van der Waals surface area contributed by atoms with Crippen LogP contribution in [0.15, 0.2) is 37.1 Å². The molecule has 12 heavy (non-hydrogen) atoms. The van der Waals surface area contributed by atoms with Gasteiger partial charge in [0.2, 0.25) is 0 Å². The first-order valence-corrected chi connectivity index (χ1v) is 3.94. The minimum atomic E-state index is 0.642. The van der Waals surface area contributed by atoms with Crippen LogP contribution in [-0.4, -0.2) is 0 Å². The molecule has 1 rings (SSSR count). The molecule has 0 fully saturated rings. The molecule has 0 aliphatic heterocycles. The van der Waals surface area contributed by atoms with Gasteiger partial charge in [-0.05, 0) is 17.7 Å². The summed E-state index contributed by atoms with van der Waals surface area (Å²) in [4.78, 5) is 4.75. The summed E-state index contributed by atoms with van der Waals surface area (Å²) < 4.78 is 0. The summed E-state index contributed by atoms with van der Waals surface area (Å²) in [5.74, 6) is 0. The fourth-order valence-corrected chi connectivity index (χ4v) is 0.912. The van der Waals surface area contributed by atoms with Gasteiger partial charge in [-0.3, -0.25) is 0 Å². The molecule has 0 saturated carbocycles. The first kappa shape index (κ1) is 9.10. The summed E-state index contributed by atoms with van der Waals surface area (Å²) in [5.41, 5.74) is 3.82. The van der Waals surface area contributed by atoms with Gasteiger partial charge in [-0.25, -0.2) is 0 Å². The van der Waals surface area contributed by atoms with Crippen LogP contribution in [0.5, 0.6) is 0 Å². The van der Waals surface area contributed by atoms with Crippen LogP contribution in [0.4, 0.5) is 0 Å². The average molecular weight is 184 g/mol. The molecule has 0 heterocycles. The first-order chi connectivity index (χ1) is 5.83. The van der Waals surface area contributed by atoms with E-state index in [9.17, 15) is 0 Å². The fraction of sp³-hybridized carbons (Fsp3) is 0.111. The van der Waals surface area contributed by atoms with Crippen molar-refractivity contribution < 1.29 is 4.84 Å². The maximum Gasteiger partial charge on any atom is 0.104 e. The minimum Gasteiger partial charge on any atom is -0.417 e. The van der Waals surface area contributed by atoms with Crippen molar-refractivity contribution in [3.63, 3.8) is 0 Å². The van der Waals surface area contributed by atoms with Crippen molar-refractivity contribution in [2.75, 3.05) is 0 Å². The Morgan fingerprint density at radius 2 is 2.08 bits per heavy atom. The van der Waals surface area contributed by atoms with E-state index in [0.717, 1.165) is 10.6 Å². The Bertz CT molecular complexity index is 245. The maximum absolute atomic E-state index is 5.71. The zero-order valence-electron chi connectivity index (χ0n) is 6.59. The predicted octanol–water partition coefficient (Wildman–Crippen LogP) is 2.50. The highest BCUT2D eigenvalue weighted by atomic mass is 35.5. The van der Waals surface area contributed by atoms with Crippen molar-refractivity contribution in [2.45, 2.75) is 6.54 Å². The van der Waals surface area contributed by atoms with Gasteiger partial charge in [0.1, 0.15) is 6.26 Å². The number of hydrogen-bond donors (Lipinski definition) is 1. The SMILES string of the molecule is C=CONCc1ccc(Cl)cc1. The Hall–Kier alpha value is -0.990. The number of rotatable bonds is 4. The lowest BCUT2D eigenvalue weighted by atomic mass is 10.2. The van der Waals surface area contributed by atoms with Gasteiger partial charge in [0.05, 0.1) is 6.54 Å². The molecule has 0 aromatic heterocycles. The summed E-state index contributed by atoms with van der Waals surface area (Å²) in [6, 6.07) is 7.54. The maximum atomic E-state index is 5.71.